The molecular formula is C17H20F3NO4. The Bertz CT molecular complexity index is 616. The van der Waals surface area contributed by atoms with Crippen LogP contribution in [0.1, 0.15) is 44.1 Å². The van der Waals surface area contributed by atoms with Gasteiger partial charge in [-0.1, -0.05) is 18.9 Å². The van der Waals surface area contributed by atoms with Crippen molar-refractivity contribution in [3.8, 4) is 11.5 Å². The third kappa shape index (κ3) is 6.28. The van der Waals surface area contributed by atoms with Crippen LogP contribution in [-0.2, 0) is 16.1 Å². The highest BCUT2D eigenvalue weighted by atomic mass is 19.4. The van der Waals surface area contributed by atoms with E-state index in [9.17, 15) is 22.8 Å². The summed E-state index contributed by atoms with van der Waals surface area (Å²) in [5, 5.41) is 2.78. The molecule has 1 aliphatic heterocycles. The number of hydrogen-bond donors (Lipinski definition) is 1. The van der Waals surface area contributed by atoms with Crippen molar-refractivity contribution >= 4 is 11.7 Å². The predicted molar refractivity (Wildman–Crippen MR) is 83.2 cm³/mol. The second-order valence-corrected chi connectivity index (χ2v) is 5.80. The summed E-state index contributed by atoms with van der Waals surface area (Å²) < 4.78 is 46.5. The van der Waals surface area contributed by atoms with E-state index in [-0.39, 0.29) is 19.1 Å². The molecule has 0 saturated carbocycles. The van der Waals surface area contributed by atoms with Gasteiger partial charge in [0.1, 0.15) is 0 Å². The lowest BCUT2D eigenvalue weighted by Crippen LogP contribution is -2.22. The standard InChI is InChI=1S/C17H20F3NO4/c18-17(19,20)15(22)5-3-1-2-4-6-16(23)21-10-12-7-8-13-14(9-12)25-11-24-13/h7-9H,1-6,10-11H2,(H,21,23). The molecule has 1 aliphatic rings. The number of ketones is 1. The van der Waals surface area contributed by atoms with Crippen molar-refractivity contribution in [2.75, 3.05) is 6.79 Å². The molecule has 1 heterocycles. The normalized spacial score (nSPS) is 12.9. The zero-order valence-corrected chi connectivity index (χ0v) is 13.7. The highest BCUT2D eigenvalue weighted by molar-refractivity contribution is 5.83. The number of ether oxygens (including phenoxy) is 2. The fourth-order valence-corrected chi connectivity index (χ4v) is 2.41. The van der Waals surface area contributed by atoms with Crippen molar-refractivity contribution in [1.29, 1.82) is 0 Å². The van der Waals surface area contributed by atoms with Crippen LogP contribution in [0, 0.1) is 0 Å². The second kappa shape index (κ2) is 8.73. The first-order valence-corrected chi connectivity index (χ1v) is 8.11. The Hall–Kier alpha value is -2.25. The lowest BCUT2D eigenvalue weighted by atomic mass is 10.1. The quantitative estimate of drug-likeness (QED) is 0.686. The van der Waals surface area contributed by atoms with Crippen LogP contribution in [-0.4, -0.2) is 24.7 Å². The average molecular weight is 359 g/mol. The molecule has 0 aliphatic carbocycles. The van der Waals surface area contributed by atoms with Gasteiger partial charge in [-0.05, 0) is 30.5 Å². The van der Waals surface area contributed by atoms with Gasteiger partial charge in [0.25, 0.3) is 0 Å². The molecule has 0 fully saturated rings. The van der Waals surface area contributed by atoms with Gasteiger partial charge in [-0.3, -0.25) is 9.59 Å². The number of alkyl halides is 3. The molecule has 5 nitrogen and oxygen atoms in total. The summed E-state index contributed by atoms with van der Waals surface area (Å²) in [6.45, 7) is 0.565. The van der Waals surface area contributed by atoms with Crippen molar-refractivity contribution in [3.63, 3.8) is 0 Å². The molecule has 8 heteroatoms. The van der Waals surface area contributed by atoms with Crippen LogP contribution in [0.15, 0.2) is 18.2 Å². The first-order valence-electron chi connectivity index (χ1n) is 8.11. The maximum atomic E-state index is 12.0. The maximum absolute atomic E-state index is 12.0. The number of Topliss-reactive ketones (excluding diaryl/α,β-unsaturated/α-hetero) is 1. The number of unbranched alkanes of at least 4 members (excludes halogenated alkanes) is 3. The van der Waals surface area contributed by atoms with Crippen molar-refractivity contribution in [2.45, 2.75) is 51.2 Å². The monoisotopic (exact) mass is 359 g/mol. The SMILES string of the molecule is O=C(CCCCCCC(=O)C(F)(F)F)NCc1ccc2c(c1)OCO2. The molecular weight excluding hydrogens is 339 g/mol. The molecule has 1 amide bonds. The number of rotatable bonds is 9. The van der Waals surface area contributed by atoms with Gasteiger partial charge in [0.15, 0.2) is 11.5 Å². The van der Waals surface area contributed by atoms with Crippen molar-refractivity contribution in [2.24, 2.45) is 0 Å². The van der Waals surface area contributed by atoms with Crippen molar-refractivity contribution in [3.05, 3.63) is 23.8 Å². The van der Waals surface area contributed by atoms with Crippen LogP contribution in [0.4, 0.5) is 13.2 Å². The topological polar surface area (TPSA) is 64.6 Å². The van der Waals surface area contributed by atoms with Gasteiger partial charge in [-0.25, -0.2) is 0 Å². The minimum absolute atomic E-state index is 0.121. The number of halogens is 3. The molecule has 25 heavy (non-hydrogen) atoms. The Balaban J connectivity index is 1.55. The molecule has 1 aromatic carbocycles. The van der Waals surface area contributed by atoms with Crippen LogP contribution in [0.5, 0.6) is 11.5 Å². The lowest BCUT2D eigenvalue weighted by Gasteiger charge is -2.07. The summed E-state index contributed by atoms with van der Waals surface area (Å²) in [5.41, 5.74) is 0.892. The Kier molecular flexibility index (Phi) is 6.66. The number of benzene rings is 1. The van der Waals surface area contributed by atoms with E-state index in [0.29, 0.717) is 43.7 Å². The third-order valence-electron chi connectivity index (χ3n) is 3.80. The molecule has 1 N–H and O–H groups in total. The Morgan fingerprint density at radius 1 is 1.00 bits per heavy atom. The van der Waals surface area contributed by atoms with Gasteiger partial charge in [-0.15, -0.1) is 0 Å². The van der Waals surface area contributed by atoms with Crippen molar-refractivity contribution in [1.82, 2.24) is 5.32 Å². The summed E-state index contributed by atoms with van der Waals surface area (Å²) in [5.74, 6) is -0.475. The van der Waals surface area contributed by atoms with Crippen LogP contribution in [0.3, 0.4) is 0 Å². The number of amides is 1. The van der Waals surface area contributed by atoms with Crippen LogP contribution in [0.25, 0.3) is 0 Å². The zero-order chi connectivity index (χ0) is 18.3. The van der Waals surface area contributed by atoms with Crippen molar-refractivity contribution < 1.29 is 32.2 Å². The van der Waals surface area contributed by atoms with Gasteiger partial charge in [0.2, 0.25) is 18.5 Å². The van der Waals surface area contributed by atoms with Gasteiger partial charge < -0.3 is 14.8 Å². The zero-order valence-electron chi connectivity index (χ0n) is 13.7. The minimum Gasteiger partial charge on any atom is -0.454 e. The van der Waals surface area contributed by atoms with E-state index in [1.54, 1.807) is 12.1 Å². The summed E-state index contributed by atoms with van der Waals surface area (Å²) >= 11 is 0. The van der Waals surface area contributed by atoms with E-state index in [1.165, 1.54) is 0 Å². The first kappa shape index (κ1) is 19.1. The van der Waals surface area contributed by atoms with Gasteiger partial charge in [0, 0.05) is 19.4 Å². The number of carbonyl (C=O) groups is 2. The third-order valence-corrected chi connectivity index (χ3v) is 3.80. The molecule has 0 bridgehead atoms. The summed E-state index contributed by atoms with van der Waals surface area (Å²) in [4.78, 5) is 22.4. The number of carbonyl (C=O) groups excluding carboxylic acids is 2. The first-order chi connectivity index (χ1) is 11.9. The molecule has 0 spiro atoms. The van der Waals surface area contributed by atoms with Crippen LogP contribution < -0.4 is 14.8 Å². The number of hydrogen-bond acceptors (Lipinski definition) is 4. The second-order valence-electron chi connectivity index (χ2n) is 5.80. The highest BCUT2D eigenvalue weighted by Gasteiger charge is 2.36. The van der Waals surface area contributed by atoms with E-state index < -0.39 is 18.4 Å². The fourth-order valence-electron chi connectivity index (χ4n) is 2.41. The van der Waals surface area contributed by atoms with Gasteiger partial charge >= 0.3 is 6.18 Å². The Labute approximate surface area is 143 Å². The molecule has 2 rings (SSSR count). The summed E-state index contributed by atoms with van der Waals surface area (Å²) in [6.07, 6.45) is -3.05. The van der Waals surface area contributed by atoms with Gasteiger partial charge in [-0.2, -0.15) is 13.2 Å². The number of fused-ring (bicyclic) bond motifs is 1. The molecule has 0 unspecified atom stereocenters. The minimum atomic E-state index is -4.74. The summed E-state index contributed by atoms with van der Waals surface area (Å²) in [7, 11) is 0. The van der Waals surface area contributed by atoms with E-state index >= 15 is 0 Å². The Morgan fingerprint density at radius 3 is 2.40 bits per heavy atom. The molecule has 0 radical (unpaired) electrons. The van der Waals surface area contributed by atoms with E-state index in [2.05, 4.69) is 5.32 Å². The predicted octanol–water partition coefficient (Wildman–Crippen LogP) is 3.50. The molecule has 138 valence electrons. The van der Waals surface area contributed by atoms with E-state index in [0.717, 1.165) is 5.56 Å². The number of nitrogens with one attached hydrogen (secondary N) is 1. The molecule has 0 aromatic heterocycles. The smallest absolute Gasteiger partial charge is 0.449 e. The largest absolute Gasteiger partial charge is 0.454 e. The lowest BCUT2D eigenvalue weighted by molar-refractivity contribution is -0.171. The fraction of sp³-hybridized carbons (Fsp3) is 0.529. The maximum Gasteiger partial charge on any atom is 0.449 e. The average Bonchev–Trinajstić information content (AvgIpc) is 3.02. The van der Waals surface area contributed by atoms with Crippen LogP contribution >= 0.6 is 0 Å². The van der Waals surface area contributed by atoms with E-state index in [1.807, 2.05) is 6.07 Å². The van der Waals surface area contributed by atoms with E-state index in [4.69, 9.17) is 9.47 Å². The Morgan fingerprint density at radius 2 is 1.68 bits per heavy atom. The van der Waals surface area contributed by atoms with Gasteiger partial charge in [0.05, 0.1) is 0 Å². The van der Waals surface area contributed by atoms with Crippen LogP contribution in [0.2, 0.25) is 0 Å². The highest BCUT2D eigenvalue weighted by Crippen LogP contribution is 2.32. The molecule has 1 aromatic rings. The molecule has 0 atom stereocenters. The molecule has 0 saturated heterocycles. The summed E-state index contributed by atoms with van der Waals surface area (Å²) in [6, 6.07) is 5.43.